The minimum atomic E-state index is 0.175. The van der Waals surface area contributed by atoms with Gasteiger partial charge in [0.2, 0.25) is 5.91 Å². The number of nitrogens with zero attached hydrogens (tertiary/aromatic N) is 2. The van der Waals surface area contributed by atoms with Gasteiger partial charge in [0.25, 0.3) is 0 Å². The first kappa shape index (κ1) is 16.7. The minimum absolute atomic E-state index is 0.175. The molecular formula is C16H31N3O2. The lowest BCUT2D eigenvalue weighted by Gasteiger charge is -2.37. The Morgan fingerprint density at radius 2 is 1.86 bits per heavy atom. The Labute approximate surface area is 129 Å². The summed E-state index contributed by atoms with van der Waals surface area (Å²) in [7, 11) is 1.72. The standard InChI is InChI=1S/C16H31N3O2/c1-16(2,12-18-6-8-21-9-7-18)13-19-5-4-14(11-19)10-15(20)17-3/h14H,4-13H2,1-3H3,(H,17,20)/t14-/m1/s1. The summed E-state index contributed by atoms with van der Waals surface area (Å²) in [5.41, 5.74) is 0.291. The maximum Gasteiger partial charge on any atom is 0.220 e. The number of likely N-dealkylation sites (tertiary alicyclic amines) is 1. The predicted octanol–water partition coefficient (Wildman–Crippen LogP) is 0.803. The van der Waals surface area contributed by atoms with Crippen molar-refractivity contribution < 1.29 is 9.53 Å². The van der Waals surface area contributed by atoms with Crippen molar-refractivity contribution in [2.75, 3.05) is 59.5 Å². The van der Waals surface area contributed by atoms with Crippen LogP contribution in [0.15, 0.2) is 0 Å². The van der Waals surface area contributed by atoms with Gasteiger partial charge in [0.1, 0.15) is 0 Å². The average Bonchev–Trinajstić information content (AvgIpc) is 2.85. The van der Waals surface area contributed by atoms with Gasteiger partial charge in [-0.2, -0.15) is 0 Å². The van der Waals surface area contributed by atoms with E-state index in [0.717, 1.165) is 58.9 Å². The number of morpholine rings is 1. The summed E-state index contributed by atoms with van der Waals surface area (Å²) in [4.78, 5) is 16.5. The van der Waals surface area contributed by atoms with E-state index in [2.05, 4.69) is 29.0 Å². The summed E-state index contributed by atoms with van der Waals surface area (Å²) in [6.07, 6.45) is 1.83. The Bertz CT molecular complexity index is 340. The smallest absolute Gasteiger partial charge is 0.220 e. The molecule has 21 heavy (non-hydrogen) atoms. The van der Waals surface area contributed by atoms with Crippen LogP contribution in [0.3, 0.4) is 0 Å². The van der Waals surface area contributed by atoms with E-state index < -0.39 is 0 Å². The molecule has 2 aliphatic rings. The van der Waals surface area contributed by atoms with Crippen molar-refractivity contribution in [3.05, 3.63) is 0 Å². The fraction of sp³-hybridized carbons (Fsp3) is 0.938. The second kappa shape index (κ2) is 7.56. The van der Waals surface area contributed by atoms with Crippen LogP contribution in [-0.4, -0.2) is 75.2 Å². The van der Waals surface area contributed by atoms with Gasteiger partial charge in [0, 0.05) is 46.2 Å². The number of carbonyl (C=O) groups excluding carboxylic acids is 1. The van der Waals surface area contributed by atoms with Gasteiger partial charge in [0.05, 0.1) is 13.2 Å². The van der Waals surface area contributed by atoms with Gasteiger partial charge in [-0.05, 0) is 24.3 Å². The number of nitrogens with one attached hydrogen (secondary N) is 1. The third-order valence-corrected chi connectivity index (χ3v) is 4.53. The van der Waals surface area contributed by atoms with Crippen molar-refractivity contribution >= 4 is 5.91 Å². The van der Waals surface area contributed by atoms with Crippen molar-refractivity contribution in [1.29, 1.82) is 0 Å². The molecule has 0 radical (unpaired) electrons. The molecule has 5 nitrogen and oxygen atoms in total. The topological polar surface area (TPSA) is 44.8 Å². The number of rotatable bonds is 6. The molecule has 1 amide bonds. The van der Waals surface area contributed by atoms with E-state index in [4.69, 9.17) is 4.74 Å². The molecule has 0 aliphatic carbocycles. The molecule has 2 aliphatic heterocycles. The zero-order chi connectivity index (χ0) is 15.3. The van der Waals surface area contributed by atoms with Gasteiger partial charge >= 0.3 is 0 Å². The van der Waals surface area contributed by atoms with E-state index in [1.165, 1.54) is 0 Å². The van der Waals surface area contributed by atoms with Crippen molar-refractivity contribution in [2.45, 2.75) is 26.7 Å². The molecule has 1 N–H and O–H groups in total. The van der Waals surface area contributed by atoms with Crippen LogP contribution >= 0.6 is 0 Å². The molecule has 0 saturated carbocycles. The summed E-state index contributed by atoms with van der Waals surface area (Å²) in [6.45, 7) is 13.0. The lowest BCUT2D eigenvalue weighted by atomic mass is 9.91. The molecule has 0 spiro atoms. The summed E-state index contributed by atoms with van der Waals surface area (Å²) >= 11 is 0. The minimum Gasteiger partial charge on any atom is -0.379 e. The predicted molar refractivity (Wildman–Crippen MR) is 84.3 cm³/mol. The van der Waals surface area contributed by atoms with Gasteiger partial charge in [0.15, 0.2) is 0 Å². The fourth-order valence-corrected chi connectivity index (χ4v) is 3.61. The monoisotopic (exact) mass is 297 g/mol. The molecule has 1 atom stereocenters. The first-order valence-corrected chi connectivity index (χ1v) is 8.21. The molecule has 0 aromatic rings. The van der Waals surface area contributed by atoms with Crippen molar-refractivity contribution in [2.24, 2.45) is 11.3 Å². The Hall–Kier alpha value is -0.650. The highest BCUT2D eigenvalue weighted by molar-refractivity contribution is 5.75. The highest BCUT2D eigenvalue weighted by Gasteiger charge is 2.30. The van der Waals surface area contributed by atoms with E-state index in [9.17, 15) is 4.79 Å². The lowest BCUT2D eigenvalue weighted by molar-refractivity contribution is -0.121. The van der Waals surface area contributed by atoms with Gasteiger partial charge in [-0.25, -0.2) is 0 Å². The van der Waals surface area contributed by atoms with Crippen LogP contribution in [0.5, 0.6) is 0 Å². The number of hydrogen-bond acceptors (Lipinski definition) is 4. The quantitative estimate of drug-likeness (QED) is 0.788. The highest BCUT2D eigenvalue weighted by atomic mass is 16.5. The van der Waals surface area contributed by atoms with Gasteiger partial charge in [-0.3, -0.25) is 9.69 Å². The summed E-state index contributed by atoms with van der Waals surface area (Å²) in [5.74, 6) is 0.707. The molecule has 2 fully saturated rings. The molecule has 0 bridgehead atoms. The largest absolute Gasteiger partial charge is 0.379 e. The number of amides is 1. The Balaban J connectivity index is 1.74. The van der Waals surface area contributed by atoms with E-state index in [-0.39, 0.29) is 5.91 Å². The maximum atomic E-state index is 11.5. The van der Waals surface area contributed by atoms with Gasteiger partial charge in [-0.15, -0.1) is 0 Å². The number of hydrogen-bond donors (Lipinski definition) is 1. The number of ether oxygens (including phenoxy) is 1. The maximum absolute atomic E-state index is 11.5. The molecule has 0 aromatic heterocycles. The van der Waals surface area contributed by atoms with Crippen molar-refractivity contribution in [3.63, 3.8) is 0 Å². The molecule has 2 heterocycles. The fourth-order valence-electron chi connectivity index (χ4n) is 3.61. The second-order valence-corrected chi connectivity index (χ2v) is 7.32. The normalized spacial score (nSPS) is 25.2. The van der Waals surface area contributed by atoms with Crippen LogP contribution in [0.1, 0.15) is 26.7 Å². The molecule has 122 valence electrons. The first-order valence-electron chi connectivity index (χ1n) is 8.21. The van der Waals surface area contributed by atoms with E-state index in [0.29, 0.717) is 17.8 Å². The third-order valence-electron chi connectivity index (χ3n) is 4.53. The first-order chi connectivity index (χ1) is 9.98. The Morgan fingerprint density at radius 1 is 1.19 bits per heavy atom. The zero-order valence-corrected chi connectivity index (χ0v) is 13.9. The zero-order valence-electron chi connectivity index (χ0n) is 13.9. The summed E-state index contributed by atoms with van der Waals surface area (Å²) < 4.78 is 5.42. The van der Waals surface area contributed by atoms with E-state index in [1.54, 1.807) is 7.05 Å². The van der Waals surface area contributed by atoms with Crippen LogP contribution in [0.25, 0.3) is 0 Å². The SMILES string of the molecule is CNC(=O)C[C@H]1CCN(CC(C)(C)CN2CCOCC2)C1. The van der Waals surface area contributed by atoms with Crippen LogP contribution in [0.2, 0.25) is 0 Å². The Kier molecular flexibility index (Phi) is 6.02. The molecular weight excluding hydrogens is 266 g/mol. The van der Waals surface area contributed by atoms with Crippen LogP contribution in [-0.2, 0) is 9.53 Å². The number of carbonyl (C=O) groups is 1. The third kappa shape index (κ3) is 5.57. The second-order valence-electron chi connectivity index (χ2n) is 7.32. The summed E-state index contributed by atoms with van der Waals surface area (Å²) in [5, 5.41) is 2.73. The Morgan fingerprint density at radius 3 is 2.52 bits per heavy atom. The van der Waals surface area contributed by atoms with Crippen LogP contribution < -0.4 is 5.32 Å². The summed E-state index contributed by atoms with van der Waals surface area (Å²) in [6, 6.07) is 0. The van der Waals surface area contributed by atoms with Gasteiger partial charge < -0.3 is 15.0 Å². The van der Waals surface area contributed by atoms with E-state index in [1.807, 2.05) is 0 Å². The molecule has 5 heteroatoms. The molecule has 0 aromatic carbocycles. The van der Waals surface area contributed by atoms with Crippen LogP contribution in [0.4, 0.5) is 0 Å². The van der Waals surface area contributed by atoms with Crippen molar-refractivity contribution in [1.82, 2.24) is 15.1 Å². The molecule has 2 saturated heterocycles. The average molecular weight is 297 g/mol. The van der Waals surface area contributed by atoms with Gasteiger partial charge in [-0.1, -0.05) is 13.8 Å². The van der Waals surface area contributed by atoms with Crippen molar-refractivity contribution in [3.8, 4) is 0 Å². The van der Waals surface area contributed by atoms with Crippen LogP contribution in [0, 0.1) is 11.3 Å². The molecule has 2 rings (SSSR count). The highest BCUT2D eigenvalue weighted by Crippen LogP contribution is 2.25. The lowest BCUT2D eigenvalue weighted by Crippen LogP contribution is -2.45. The molecule has 0 unspecified atom stereocenters. The van der Waals surface area contributed by atoms with E-state index >= 15 is 0 Å².